The van der Waals surface area contributed by atoms with Crippen LogP contribution in [0.3, 0.4) is 0 Å². The zero-order valence-corrected chi connectivity index (χ0v) is 15.3. The molecule has 1 heterocycles. The first kappa shape index (κ1) is 17.9. The van der Waals surface area contributed by atoms with E-state index in [1.807, 2.05) is 13.8 Å². The second-order valence-corrected chi connectivity index (χ2v) is 7.80. The molecule has 6 nitrogen and oxygen atoms in total. The number of carbonyl (C=O) groups is 1. The number of rotatable bonds is 4. The molecule has 1 aromatic carbocycles. The van der Waals surface area contributed by atoms with Crippen molar-refractivity contribution in [3.63, 3.8) is 0 Å². The minimum Gasteiger partial charge on any atom is -0.390 e. The number of nitrogens with one attached hydrogen (secondary N) is 1. The third-order valence-electron chi connectivity index (χ3n) is 4.53. The molecule has 2 N–H and O–H groups in total. The molecule has 0 bridgehead atoms. The van der Waals surface area contributed by atoms with Crippen molar-refractivity contribution in [1.29, 1.82) is 0 Å². The van der Waals surface area contributed by atoms with Crippen molar-refractivity contribution in [1.82, 2.24) is 15.1 Å². The molecule has 1 amide bonds. The fourth-order valence-electron chi connectivity index (χ4n) is 3.33. The second-order valence-electron chi connectivity index (χ2n) is 7.36. The predicted molar refractivity (Wildman–Crippen MR) is 96.9 cm³/mol. The Morgan fingerprint density at radius 3 is 2.72 bits per heavy atom. The molecule has 0 spiro atoms. The number of carbonyl (C=O) groups excluding carboxylic acids is 1. The van der Waals surface area contributed by atoms with E-state index in [0.717, 1.165) is 11.1 Å². The van der Waals surface area contributed by atoms with E-state index in [2.05, 4.69) is 10.4 Å². The lowest BCUT2D eigenvalue weighted by molar-refractivity contribution is -0.125. The molecule has 1 aliphatic carbocycles. The van der Waals surface area contributed by atoms with Crippen molar-refractivity contribution in [2.45, 2.75) is 57.7 Å². The van der Waals surface area contributed by atoms with E-state index in [-0.39, 0.29) is 30.0 Å². The van der Waals surface area contributed by atoms with Gasteiger partial charge in [-0.25, -0.2) is 4.68 Å². The smallest absolute Gasteiger partial charge is 0.275 e. The lowest BCUT2D eigenvalue weighted by Gasteiger charge is -2.41. The van der Waals surface area contributed by atoms with Crippen LogP contribution in [0.4, 0.5) is 0 Å². The van der Waals surface area contributed by atoms with Crippen LogP contribution in [0.15, 0.2) is 23.0 Å². The summed E-state index contributed by atoms with van der Waals surface area (Å²) in [5.41, 5.74) is -0.289. The van der Waals surface area contributed by atoms with Crippen LogP contribution in [0.5, 0.6) is 0 Å². The summed E-state index contributed by atoms with van der Waals surface area (Å²) >= 11 is 6.05. The summed E-state index contributed by atoms with van der Waals surface area (Å²) in [6.07, 6.45) is 1.04. The van der Waals surface area contributed by atoms with Crippen LogP contribution in [-0.2, 0) is 11.3 Å². The maximum absolute atomic E-state index is 12.7. The highest BCUT2D eigenvalue weighted by Crippen LogP contribution is 2.31. The Bertz CT molecular complexity index is 881. The maximum Gasteiger partial charge on any atom is 0.275 e. The summed E-state index contributed by atoms with van der Waals surface area (Å²) in [5.74, 6) is -0.198. The summed E-state index contributed by atoms with van der Waals surface area (Å²) in [4.78, 5) is 24.9. The zero-order chi connectivity index (χ0) is 18.4. The first-order valence-corrected chi connectivity index (χ1v) is 8.76. The number of hydrogen-bond donors (Lipinski definition) is 2. The Morgan fingerprint density at radius 1 is 1.44 bits per heavy atom. The summed E-state index contributed by atoms with van der Waals surface area (Å²) in [6.45, 7) is 5.56. The van der Waals surface area contributed by atoms with Crippen LogP contribution < -0.4 is 10.9 Å². The van der Waals surface area contributed by atoms with E-state index in [4.69, 9.17) is 11.6 Å². The molecule has 0 atom stereocenters. The van der Waals surface area contributed by atoms with Gasteiger partial charge in [0.1, 0.15) is 6.54 Å². The van der Waals surface area contributed by atoms with E-state index in [9.17, 15) is 14.7 Å². The molecule has 0 saturated heterocycles. The molecule has 25 heavy (non-hydrogen) atoms. The summed E-state index contributed by atoms with van der Waals surface area (Å²) in [5, 5.41) is 18.7. The van der Waals surface area contributed by atoms with Crippen LogP contribution in [0, 0.1) is 0 Å². The maximum atomic E-state index is 12.7. The first-order valence-electron chi connectivity index (χ1n) is 8.38. The molecule has 1 fully saturated rings. The topological polar surface area (TPSA) is 84.2 Å². The molecule has 2 aromatic rings. The number of amides is 1. The molecule has 1 aromatic heterocycles. The lowest BCUT2D eigenvalue weighted by atomic mass is 9.77. The molecule has 0 radical (unpaired) electrons. The van der Waals surface area contributed by atoms with Crippen LogP contribution in [0.1, 0.15) is 45.2 Å². The van der Waals surface area contributed by atoms with Gasteiger partial charge in [-0.3, -0.25) is 9.59 Å². The Morgan fingerprint density at radius 2 is 2.12 bits per heavy atom. The SMILES string of the molecule is CC(C)c1nn(CC(=O)NC2CC(C)(O)C2)c(=O)c2ccc(Cl)cc12. The summed E-state index contributed by atoms with van der Waals surface area (Å²) < 4.78 is 1.21. The van der Waals surface area contributed by atoms with Gasteiger partial charge in [-0.15, -0.1) is 0 Å². The van der Waals surface area contributed by atoms with Gasteiger partial charge in [0.15, 0.2) is 0 Å². The van der Waals surface area contributed by atoms with Gasteiger partial charge in [-0.1, -0.05) is 25.4 Å². The molecule has 0 aliphatic heterocycles. The summed E-state index contributed by atoms with van der Waals surface area (Å²) in [6, 6.07) is 5.02. The molecule has 1 aliphatic rings. The Labute approximate surface area is 150 Å². The minimum absolute atomic E-state index is 0.0537. The number of fused-ring (bicyclic) bond motifs is 1. The van der Waals surface area contributed by atoms with Gasteiger partial charge >= 0.3 is 0 Å². The van der Waals surface area contributed by atoms with E-state index in [1.54, 1.807) is 25.1 Å². The van der Waals surface area contributed by atoms with Crippen molar-refractivity contribution in [2.75, 3.05) is 0 Å². The standard InChI is InChI=1S/C18H22ClN3O3/c1-10(2)16-14-6-11(19)4-5-13(14)17(24)22(21-16)9-15(23)20-12-7-18(3,25)8-12/h4-6,10,12,25H,7-9H2,1-3H3,(H,20,23). The van der Waals surface area contributed by atoms with Gasteiger partial charge < -0.3 is 10.4 Å². The minimum atomic E-state index is -0.708. The van der Waals surface area contributed by atoms with Gasteiger partial charge in [0.25, 0.3) is 5.56 Å². The third kappa shape index (κ3) is 3.70. The molecule has 3 rings (SSSR count). The zero-order valence-electron chi connectivity index (χ0n) is 14.5. The fourth-order valence-corrected chi connectivity index (χ4v) is 3.50. The van der Waals surface area contributed by atoms with Crippen LogP contribution in [-0.4, -0.2) is 32.4 Å². The Kier molecular flexibility index (Phi) is 4.60. The quantitative estimate of drug-likeness (QED) is 0.872. The molecule has 7 heteroatoms. The monoisotopic (exact) mass is 363 g/mol. The van der Waals surface area contributed by atoms with Crippen LogP contribution in [0.2, 0.25) is 5.02 Å². The Hall–Kier alpha value is -1.92. The van der Waals surface area contributed by atoms with Gasteiger partial charge in [0, 0.05) is 16.5 Å². The average Bonchev–Trinajstić information content (AvgIpc) is 2.47. The number of halogens is 1. The molecular formula is C18H22ClN3O3. The van der Waals surface area contributed by atoms with Crippen molar-refractivity contribution in [3.8, 4) is 0 Å². The number of hydrogen-bond acceptors (Lipinski definition) is 4. The normalized spacial score (nSPS) is 22.9. The first-order chi connectivity index (χ1) is 11.7. The van der Waals surface area contributed by atoms with Crippen molar-refractivity contribution < 1.29 is 9.90 Å². The van der Waals surface area contributed by atoms with Crippen molar-refractivity contribution >= 4 is 28.3 Å². The molecule has 0 unspecified atom stereocenters. The van der Waals surface area contributed by atoms with Crippen molar-refractivity contribution in [2.24, 2.45) is 0 Å². The lowest BCUT2D eigenvalue weighted by Crippen LogP contribution is -2.54. The van der Waals surface area contributed by atoms with Crippen molar-refractivity contribution in [3.05, 3.63) is 39.3 Å². The summed E-state index contributed by atoms with van der Waals surface area (Å²) in [7, 11) is 0. The number of aromatic nitrogens is 2. The second kappa shape index (κ2) is 6.42. The van der Waals surface area contributed by atoms with Gasteiger partial charge in [0.2, 0.25) is 5.91 Å². The van der Waals surface area contributed by atoms with E-state index in [0.29, 0.717) is 23.3 Å². The molecule has 1 saturated carbocycles. The van der Waals surface area contributed by atoms with E-state index >= 15 is 0 Å². The number of nitrogens with zero attached hydrogens (tertiary/aromatic N) is 2. The number of benzene rings is 1. The van der Waals surface area contributed by atoms with Gasteiger partial charge in [0.05, 0.1) is 16.7 Å². The van der Waals surface area contributed by atoms with E-state index < -0.39 is 5.60 Å². The van der Waals surface area contributed by atoms with Crippen LogP contribution in [0.25, 0.3) is 10.8 Å². The Balaban J connectivity index is 1.89. The third-order valence-corrected chi connectivity index (χ3v) is 4.76. The molecular weight excluding hydrogens is 342 g/mol. The highest BCUT2D eigenvalue weighted by molar-refractivity contribution is 6.31. The van der Waals surface area contributed by atoms with Gasteiger partial charge in [-0.05, 0) is 43.9 Å². The highest BCUT2D eigenvalue weighted by Gasteiger charge is 2.39. The number of aliphatic hydroxyl groups is 1. The highest BCUT2D eigenvalue weighted by atomic mass is 35.5. The molecule has 134 valence electrons. The average molecular weight is 364 g/mol. The van der Waals surface area contributed by atoms with Gasteiger partial charge in [-0.2, -0.15) is 5.10 Å². The largest absolute Gasteiger partial charge is 0.390 e. The van der Waals surface area contributed by atoms with E-state index in [1.165, 1.54) is 4.68 Å². The van der Waals surface area contributed by atoms with Crippen LogP contribution >= 0.6 is 11.6 Å². The predicted octanol–water partition coefficient (Wildman–Crippen LogP) is 2.20. The fraction of sp³-hybridized carbons (Fsp3) is 0.500.